The second kappa shape index (κ2) is 6.56. The maximum Gasteiger partial charge on any atom is 0.277 e. The van der Waals surface area contributed by atoms with Gasteiger partial charge in [-0.15, -0.1) is 0 Å². The number of nitrogens with one attached hydrogen (secondary N) is 1. The average Bonchev–Trinajstić information content (AvgIpc) is 2.93. The number of aryl methyl sites for hydroxylation is 2. The third-order valence-corrected chi connectivity index (χ3v) is 2.63. The standard InChI is InChI=1S/C15H16N2O3/c1-11-5-6-12(2)14(8-11)20-10-15(18)17-16-9-13-4-3-7-19-13/h3-9H,10H2,1-2H3,(H,17,18). The lowest BCUT2D eigenvalue weighted by molar-refractivity contribution is -0.123. The average molecular weight is 272 g/mol. The molecule has 0 atom stereocenters. The Hall–Kier alpha value is -2.56. The van der Waals surface area contributed by atoms with E-state index in [9.17, 15) is 4.79 Å². The van der Waals surface area contributed by atoms with Gasteiger partial charge in [0.2, 0.25) is 0 Å². The predicted octanol–water partition coefficient (Wildman–Crippen LogP) is 2.43. The summed E-state index contributed by atoms with van der Waals surface area (Å²) in [4.78, 5) is 11.6. The van der Waals surface area contributed by atoms with Gasteiger partial charge in [-0.3, -0.25) is 4.79 Å². The Labute approximate surface area is 117 Å². The number of ether oxygens (including phenoxy) is 1. The Morgan fingerprint density at radius 2 is 2.25 bits per heavy atom. The first-order valence-electron chi connectivity index (χ1n) is 6.20. The zero-order valence-corrected chi connectivity index (χ0v) is 11.4. The molecule has 0 radical (unpaired) electrons. The molecule has 0 aliphatic rings. The summed E-state index contributed by atoms with van der Waals surface area (Å²) in [6.45, 7) is 3.82. The minimum atomic E-state index is -0.325. The van der Waals surface area contributed by atoms with Crippen molar-refractivity contribution in [3.8, 4) is 5.75 Å². The number of hydrogen-bond donors (Lipinski definition) is 1. The molecule has 2 rings (SSSR count). The van der Waals surface area contributed by atoms with Gasteiger partial charge in [0, 0.05) is 0 Å². The number of amides is 1. The zero-order valence-electron chi connectivity index (χ0n) is 11.4. The summed E-state index contributed by atoms with van der Waals surface area (Å²) in [6, 6.07) is 9.33. The molecule has 0 saturated carbocycles. The van der Waals surface area contributed by atoms with Crippen LogP contribution in [0.3, 0.4) is 0 Å². The van der Waals surface area contributed by atoms with Gasteiger partial charge < -0.3 is 9.15 Å². The third-order valence-electron chi connectivity index (χ3n) is 2.63. The van der Waals surface area contributed by atoms with Crippen LogP contribution in [0.15, 0.2) is 46.1 Å². The molecule has 1 aromatic heterocycles. The smallest absolute Gasteiger partial charge is 0.277 e. The number of carbonyl (C=O) groups is 1. The summed E-state index contributed by atoms with van der Waals surface area (Å²) in [5.74, 6) is 0.949. The molecule has 1 aromatic carbocycles. The summed E-state index contributed by atoms with van der Waals surface area (Å²) in [6.07, 6.45) is 2.96. The van der Waals surface area contributed by atoms with Crippen molar-refractivity contribution in [1.82, 2.24) is 5.43 Å². The quantitative estimate of drug-likeness (QED) is 0.671. The van der Waals surface area contributed by atoms with Crippen LogP contribution < -0.4 is 10.2 Å². The lowest BCUT2D eigenvalue weighted by Gasteiger charge is -2.08. The Kier molecular flexibility index (Phi) is 4.55. The van der Waals surface area contributed by atoms with Crippen LogP contribution >= 0.6 is 0 Å². The zero-order chi connectivity index (χ0) is 14.4. The molecule has 0 aliphatic heterocycles. The Bertz CT molecular complexity index is 604. The highest BCUT2D eigenvalue weighted by Gasteiger charge is 2.04. The van der Waals surface area contributed by atoms with E-state index >= 15 is 0 Å². The highest BCUT2D eigenvalue weighted by Crippen LogP contribution is 2.18. The number of nitrogens with zero attached hydrogens (tertiary/aromatic N) is 1. The van der Waals surface area contributed by atoms with Gasteiger partial charge in [0.15, 0.2) is 6.61 Å². The molecule has 0 unspecified atom stereocenters. The minimum Gasteiger partial charge on any atom is -0.483 e. The SMILES string of the molecule is Cc1ccc(C)c(OCC(=O)NN=Cc2ccco2)c1. The van der Waals surface area contributed by atoms with Gasteiger partial charge in [0.25, 0.3) is 5.91 Å². The van der Waals surface area contributed by atoms with E-state index in [4.69, 9.17) is 9.15 Å². The van der Waals surface area contributed by atoms with E-state index in [-0.39, 0.29) is 12.5 Å². The number of benzene rings is 1. The molecule has 0 spiro atoms. The summed E-state index contributed by atoms with van der Waals surface area (Å²) >= 11 is 0. The van der Waals surface area contributed by atoms with Crippen molar-refractivity contribution in [2.45, 2.75) is 13.8 Å². The molecule has 0 aliphatic carbocycles. The first-order chi connectivity index (χ1) is 9.65. The number of rotatable bonds is 5. The fourth-order valence-electron chi connectivity index (χ4n) is 1.57. The van der Waals surface area contributed by atoms with E-state index in [0.29, 0.717) is 11.5 Å². The topological polar surface area (TPSA) is 63.8 Å². The molecule has 1 amide bonds. The van der Waals surface area contributed by atoms with E-state index in [1.54, 1.807) is 12.1 Å². The van der Waals surface area contributed by atoms with E-state index in [1.807, 2.05) is 32.0 Å². The minimum absolute atomic E-state index is 0.0835. The van der Waals surface area contributed by atoms with E-state index in [0.717, 1.165) is 11.1 Å². The number of hydrogen-bond acceptors (Lipinski definition) is 4. The van der Waals surface area contributed by atoms with Crippen LogP contribution in [0.4, 0.5) is 0 Å². The van der Waals surface area contributed by atoms with Gasteiger partial charge in [-0.05, 0) is 43.2 Å². The van der Waals surface area contributed by atoms with Gasteiger partial charge in [-0.1, -0.05) is 12.1 Å². The second-order valence-corrected chi connectivity index (χ2v) is 4.37. The number of carbonyl (C=O) groups excluding carboxylic acids is 1. The molecule has 0 bridgehead atoms. The van der Waals surface area contributed by atoms with Crippen molar-refractivity contribution in [2.24, 2.45) is 5.10 Å². The number of hydrazone groups is 1. The van der Waals surface area contributed by atoms with Gasteiger partial charge >= 0.3 is 0 Å². The molecule has 0 saturated heterocycles. The molecule has 2 aromatic rings. The van der Waals surface area contributed by atoms with Crippen LogP contribution in [-0.2, 0) is 4.79 Å². The van der Waals surface area contributed by atoms with Crippen molar-refractivity contribution in [1.29, 1.82) is 0 Å². The van der Waals surface area contributed by atoms with E-state index < -0.39 is 0 Å². The largest absolute Gasteiger partial charge is 0.483 e. The normalized spacial score (nSPS) is 10.7. The summed E-state index contributed by atoms with van der Waals surface area (Å²) in [5, 5.41) is 3.77. The monoisotopic (exact) mass is 272 g/mol. The van der Waals surface area contributed by atoms with Crippen LogP contribution in [0.5, 0.6) is 5.75 Å². The van der Waals surface area contributed by atoms with Crippen LogP contribution in [0.2, 0.25) is 0 Å². The van der Waals surface area contributed by atoms with Crippen LogP contribution in [0.1, 0.15) is 16.9 Å². The van der Waals surface area contributed by atoms with E-state index in [1.165, 1.54) is 12.5 Å². The molecule has 1 heterocycles. The van der Waals surface area contributed by atoms with Gasteiger partial charge in [-0.2, -0.15) is 5.10 Å². The lowest BCUT2D eigenvalue weighted by Crippen LogP contribution is -2.24. The number of furan rings is 1. The Morgan fingerprint density at radius 3 is 3.00 bits per heavy atom. The molecule has 5 heteroatoms. The van der Waals surface area contributed by atoms with Crippen LogP contribution in [0.25, 0.3) is 0 Å². The fraction of sp³-hybridized carbons (Fsp3) is 0.200. The summed E-state index contributed by atoms with van der Waals surface area (Å²) < 4.78 is 10.5. The van der Waals surface area contributed by atoms with Crippen molar-refractivity contribution in [3.05, 3.63) is 53.5 Å². The van der Waals surface area contributed by atoms with Crippen molar-refractivity contribution in [2.75, 3.05) is 6.61 Å². The summed E-state index contributed by atoms with van der Waals surface area (Å²) in [7, 11) is 0. The van der Waals surface area contributed by atoms with Crippen molar-refractivity contribution < 1.29 is 13.9 Å². The Morgan fingerprint density at radius 1 is 1.40 bits per heavy atom. The first-order valence-corrected chi connectivity index (χ1v) is 6.20. The molecular formula is C15H16N2O3. The highest BCUT2D eigenvalue weighted by molar-refractivity contribution is 5.81. The van der Waals surface area contributed by atoms with Crippen LogP contribution in [-0.4, -0.2) is 18.7 Å². The van der Waals surface area contributed by atoms with E-state index in [2.05, 4.69) is 10.5 Å². The lowest BCUT2D eigenvalue weighted by atomic mass is 10.1. The molecular weight excluding hydrogens is 256 g/mol. The van der Waals surface area contributed by atoms with Gasteiger partial charge in [0.1, 0.15) is 11.5 Å². The fourth-order valence-corrected chi connectivity index (χ4v) is 1.57. The Balaban J connectivity index is 1.82. The van der Waals surface area contributed by atoms with Gasteiger partial charge in [-0.25, -0.2) is 5.43 Å². The second-order valence-electron chi connectivity index (χ2n) is 4.37. The van der Waals surface area contributed by atoms with Crippen molar-refractivity contribution in [3.63, 3.8) is 0 Å². The summed E-state index contributed by atoms with van der Waals surface area (Å²) in [5.41, 5.74) is 4.44. The highest BCUT2D eigenvalue weighted by atomic mass is 16.5. The maximum absolute atomic E-state index is 11.6. The molecule has 5 nitrogen and oxygen atoms in total. The van der Waals surface area contributed by atoms with Crippen LogP contribution in [0, 0.1) is 13.8 Å². The maximum atomic E-state index is 11.6. The van der Waals surface area contributed by atoms with Gasteiger partial charge in [0.05, 0.1) is 12.5 Å². The predicted molar refractivity (Wildman–Crippen MR) is 75.9 cm³/mol. The third kappa shape index (κ3) is 3.98. The van der Waals surface area contributed by atoms with Crippen molar-refractivity contribution >= 4 is 12.1 Å². The molecule has 20 heavy (non-hydrogen) atoms. The molecule has 0 fully saturated rings. The first kappa shape index (κ1) is 13.9. The molecule has 104 valence electrons. The molecule has 1 N–H and O–H groups in total.